The van der Waals surface area contributed by atoms with Crippen LogP contribution in [0.25, 0.3) is 16.4 Å². The SMILES string of the molecule is CC=CC(C)=C[n+]1cnc(NN=Cc2ccc(C)cc2)c2c3c(sc21)CCCC3. The van der Waals surface area contributed by atoms with Crippen molar-refractivity contribution in [1.82, 2.24) is 4.98 Å². The second kappa shape index (κ2) is 8.70. The van der Waals surface area contributed by atoms with Gasteiger partial charge in [-0.15, -0.1) is 0 Å². The Morgan fingerprint density at radius 3 is 2.79 bits per heavy atom. The van der Waals surface area contributed by atoms with Crippen LogP contribution in [0, 0.1) is 6.92 Å². The second-order valence-electron chi connectivity index (χ2n) is 7.55. The summed E-state index contributed by atoms with van der Waals surface area (Å²) in [4.78, 5) is 7.46. The van der Waals surface area contributed by atoms with Crippen LogP contribution in [-0.2, 0) is 12.8 Å². The molecule has 0 radical (unpaired) electrons. The van der Waals surface area contributed by atoms with Gasteiger partial charge >= 0.3 is 0 Å². The van der Waals surface area contributed by atoms with Gasteiger partial charge in [0.2, 0.25) is 4.83 Å². The summed E-state index contributed by atoms with van der Waals surface area (Å²) in [6.07, 6.45) is 14.9. The molecule has 0 amide bonds. The van der Waals surface area contributed by atoms with E-state index in [0.29, 0.717) is 0 Å². The Labute approximate surface area is 176 Å². The molecule has 0 spiro atoms. The van der Waals surface area contributed by atoms with E-state index < -0.39 is 0 Å². The van der Waals surface area contributed by atoms with Crippen LogP contribution < -0.4 is 9.99 Å². The van der Waals surface area contributed by atoms with E-state index in [-0.39, 0.29) is 0 Å². The number of aromatic nitrogens is 2. The van der Waals surface area contributed by atoms with Gasteiger partial charge in [-0.05, 0) is 68.1 Å². The highest BCUT2D eigenvalue weighted by Crippen LogP contribution is 2.37. The summed E-state index contributed by atoms with van der Waals surface area (Å²) in [5, 5.41) is 5.69. The molecule has 2 aromatic heterocycles. The molecular formula is C24H27N4S+. The topological polar surface area (TPSA) is 41.2 Å². The third kappa shape index (κ3) is 4.30. The number of nitrogens with zero attached hydrogens (tertiary/aromatic N) is 3. The maximum atomic E-state index is 4.72. The number of thiophene rings is 1. The average Bonchev–Trinajstić information content (AvgIpc) is 3.11. The van der Waals surface area contributed by atoms with E-state index in [0.717, 1.165) is 24.2 Å². The molecule has 4 nitrogen and oxygen atoms in total. The van der Waals surface area contributed by atoms with Gasteiger partial charge in [-0.1, -0.05) is 53.3 Å². The zero-order chi connectivity index (χ0) is 20.2. The molecule has 148 valence electrons. The molecule has 0 fully saturated rings. The van der Waals surface area contributed by atoms with E-state index in [4.69, 9.17) is 4.98 Å². The van der Waals surface area contributed by atoms with Gasteiger partial charge in [0.05, 0.1) is 12.4 Å². The number of fused-ring (bicyclic) bond motifs is 3. The number of aryl methyl sites for hydroxylation is 3. The number of anilines is 1. The predicted octanol–water partition coefficient (Wildman–Crippen LogP) is 5.65. The Hall–Kier alpha value is -2.79. The molecule has 3 aromatic rings. The van der Waals surface area contributed by atoms with Gasteiger partial charge in [-0.25, -0.2) is 5.43 Å². The van der Waals surface area contributed by atoms with E-state index >= 15 is 0 Å². The molecule has 1 aliphatic rings. The van der Waals surface area contributed by atoms with Crippen molar-refractivity contribution >= 4 is 39.8 Å². The first-order valence-electron chi connectivity index (χ1n) is 10.2. The van der Waals surface area contributed by atoms with E-state index in [1.165, 1.54) is 44.6 Å². The number of hydrogen-bond donors (Lipinski definition) is 1. The van der Waals surface area contributed by atoms with Gasteiger partial charge in [-0.2, -0.15) is 9.67 Å². The molecular weight excluding hydrogens is 376 g/mol. The first-order valence-corrected chi connectivity index (χ1v) is 11.0. The molecule has 5 heteroatoms. The summed E-state index contributed by atoms with van der Waals surface area (Å²) in [7, 11) is 0. The van der Waals surface area contributed by atoms with Crippen LogP contribution in [0.5, 0.6) is 0 Å². The van der Waals surface area contributed by atoms with Crippen LogP contribution in [0.2, 0.25) is 0 Å². The molecule has 1 N–H and O–H groups in total. The fraction of sp³-hybridized carbons (Fsp3) is 0.292. The van der Waals surface area contributed by atoms with Gasteiger partial charge in [0, 0.05) is 4.88 Å². The maximum Gasteiger partial charge on any atom is 0.294 e. The molecule has 0 atom stereocenters. The molecule has 0 saturated carbocycles. The minimum atomic E-state index is 0.844. The van der Waals surface area contributed by atoms with E-state index in [1.54, 1.807) is 0 Å². The summed E-state index contributed by atoms with van der Waals surface area (Å²) in [5.74, 6) is 0.844. The molecule has 0 aliphatic heterocycles. The highest BCUT2D eigenvalue weighted by atomic mass is 32.1. The van der Waals surface area contributed by atoms with Gasteiger partial charge in [0.25, 0.3) is 12.1 Å². The molecule has 2 heterocycles. The standard InChI is InChI=1S/C24H26N4S/c1-4-7-18(3)15-28-16-25-23(27-26-14-19-12-10-17(2)11-13-19)22-20-8-5-6-9-21(20)29-24(22)28/h4,7,10-16H,5-6,8-9H2,1-3H3/p+1. The van der Waals surface area contributed by atoms with Gasteiger partial charge < -0.3 is 0 Å². The molecule has 0 unspecified atom stereocenters. The summed E-state index contributed by atoms with van der Waals surface area (Å²) in [6, 6.07) is 8.34. The lowest BCUT2D eigenvalue weighted by molar-refractivity contribution is -0.540. The van der Waals surface area contributed by atoms with E-state index in [2.05, 4.69) is 71.6 Å². The first kappa shape index (κ1) is 19.5. The number of nitrogens with one attached hydrogen (secondary N) is 1. The number of hydrogen-bond acceptors (Lipinski definition) is 4. The summed E-state index contributed by atoms with van der Waals surface area (Å²) in [6.45, 7) is 6.24. The van der Waals surface area contributed by atoms with Gasteiger partial charge in [0.15, 0.2) is 0 Å². The Balaban J connectivity index is 1.73. The lowest BCUT2D eigenvalue weighted by Crippen LogP contribution is -2.27. The number of allylic oxidation sites excluding steroid dienone is 3. The molecule has 29 heavy (non-hydrogen) atoms. The van der Waals surface area contributed by atoms with Crippen LogP contribution in [0.4, 0.5) is 5.82 Å². The quantitative estimate of drug-likeness (QED) is 0.259. The van der Waals surface area contributed by atoms with E-state index in [9.17, 15) is 0 Å². The average molecular weight is 404 g/mol. The van der Waals surface area contributed by atoms with Crippen molar-refractivity contribution in [1.29, 1.82) is 0 Å². The van der Waals surface area contributed by atoms with Crippen molar-refractivity contribution in [3.05, 3.63) is 69.9 Å². The highest BCUT2D eigenvalue weighted by molar-refractivity contribution is 7.18. The van der Waals surface area contributed by atoms with Crippen molar-refractivity contribution in [3.8, 4) is 0 Å². The van der Waals surface area contributed by atoms with Crippen molar-refractivity contribution in [3.63, 3.8) is 0 Å². The summed E-state index contributed by atoms with van der Waals surface area (Å²) < 4.78 is 2.16. The number of benzene rings is 1. The monoisotopic (exact) mass is 403 g/mol. The second-order valence-corrected chi connectivity index (χ2v) is 8.63. The van der Waals surface area contributed by atoms with Crippen molar-refractivity contribution < 1.29 is 4.57 Å². The molecule has 0 bridgehead atoms. The van der Waals surface area contributed by atoms with Crippen LogP contribution in [0.15, 0.2) is 53.4 Å². The Kier molecular flexibility index (Phi) is 5.86. The molecule has 1 aromatic carbocycles. The van der Waals surface area contributed by atoms with Crippen molar-refractivity contribution in [2.24, 2.45) is 5.10 Å². The number of hydrazone groups is 1. The minimum Gasteiger partial charge on any atom is -0.240 e. The summed E-state index contributed by atoms with van der Waals surface area (Å²) in [5.41, 5.74) is 8.18. The van der Waals surface area contributed by atoms with Gasteiger partial charge in [-0.3, -0.25) is 0 Å². The molecule has 4 rings (SSSR count). The smallest absolute Gasteiger partial charge is 0.240 e. The van der Waals surface area contributed by atoms with Crippen LogP contribution in [-0.4, -0.2) is 11.2 Å². The molecule has 0 saturated heterocycles. The zero-order valence-corrected chi connectivity index (χ0v) is 18.1. The van der Waals surface area contributed by atoms with Gasteiger partial charge in [0.1, 0.15) is 5.39 Å². The number of rotatable bonds is 5. The predicted molar refractivity (Wildman–Crippen MR) is 124 cm³/mol. The third-order valence-electron chi connectivity index (χ3n) is 5.17. The normalized spacial score (nSPS) is 14.8. The van der Waals surface area contributed by atoms with Crippen LogP contribution >= 0.6 is 11.3 Å². The maximum absolute atomic E-state index is 4.72. The Morgan fingerprint density at radius 2 is 2.00 bits per heavy atom. The largest absolute Gasteiger partial charge is 0.294 e. The fourth-order valence-corrected chi connectivity index (χ4v) is 5.07. The lowest BCUT2D eigenvalue weighted by atomic mass is 9.97. The Morgan fingerprint density at radius 1 is 1.21 bits per heavy atom. The highest BCUT2D eigenvalue weighted by Gasteiger charge is 2.25. The van der Waals surface area contributed by atoms with Crippen molar-refractivity contribution in [2.75, 3.05) is 5.43 Å². The van der Waals surface area contributed by atoms with Crippen LogP contribution in [0.3, 0.4) is 0 Å². The van der Waals surface area contributed by atoms with Crippen LogP contribution in [0.1, 0.15) is 48.3 Å². The molecule has 1 aliphatic carbocycles. The fourth-order valence-electron chi connectivity index (χ4n) is 3.74. The summed E-state index contributed by atoms with van der Waals surface area (Å²) >= 11 is 1.89. The first-order chi connectivity index (χ1) is 14.2. The lowest BCUT2D eigenvalue weighted by Gasteiger charge is -2.10. The minimum absolute atomic E-state index is 0.844. The zero-order valence-electron chi connectivity index (χ0n) is 17.3. The Bertz CT molecular complexity index is 1100. The third-order valence-corrected chi connectivity index (χ3v) is 6.47. The van der Waals surface area contributed by atoms with E-state index in [1.807, 2.05) is 30.8 Å². The van der Waals surface area contributed by atoms with Crippen molar-refractivity contribution in [2.45, 2.75) is 46.5 Å².